The fourth-order valence-corrected chi connectivity index (χ4v) is 4.66. The van der Waals surface area contributed by atoms with Gasteiger partial charge >= 0.3 is 0 Å². The van der Waals surface area contributed by atoms with Crippen molar-refractivity contribution in [3.63, 3.8) is 0 Å². The standard InChI is InChI=1S/C21H18BrN3O2/c1-24-11-18(26)25-17(21(24)27)10-15-14-4-2-3-5-16(14)23-19(15)20(25)12-6-8-13(22)9-7-12/h2-9,17,20,23H,10-11H2,1H3/t17-,20+/m0/s1. The van der Waals surface area contributed by atoms with Crippen LogP contribution in [0.2, 0.25) is 0 Å². The lowest BCUT2D eigenvalue weighted by molar-refractivity contribution is -0.157. The molecule has 6 heteroatoms. The Kier molecular flexibility index (Phi) is 3.65. The second-order valence-corrected chi connectivity index (χ2v) is 8.15. The van der Waals surface area contributed by atoms with Gasteiger partial charge in [0.15, 0.2) is 0 Å². The average Bonchev–Trinajstić information content (AvgIpc) is 3.04. The van der Waals surface area contributed by atoms with Crippen molar-refractivity contribution in [1.29, 1.82) is 0 Å². The van der Waals surface area contributed by atoms with Crippen LogP contribution in [0.25, 0.3) is 10.9 Å². The van der Waals surface area contributed by atoms with Gasteiger partial charge in [-0.15, -0.1) is 0 Å². The van der Waals surface area contributed by atoms with Crippen molar-refractivity contribution in [2.45, 2.75) is 18.5 Å². The fraction of sp³-hybridized carbons (Fsp3) is 0.238. The summed E-state index contributed by atoms with van der Waals surface area (Å²) in [5, 5.41) is 1.13. The van der Waals surface area contributed by atoms with Gasteiger partial charge in [0.05, 0.1) is 12.6 Å². The lowest BCUT2D eigenvalue weighted by Gasteiger charge is -2.46. The molecule has 136 valence electrons. The van der Waals surface area contributed by atoms with Crippen molar-refractivity contribution >= 4 is 38.6 Å². The number of fused-ring (bicyclic) bond motifs is 4. The molecule has 1 N–H and O–H groups in total. The number of para-hydroxylation sites is 1. The quantitative estimate of drug-likeness (QED) is 0.652. The molecule has 1 fully saturated rings. The Hall–Kier alpha value is -2.60. The first kappa shape index (κ1) is 16.6. The zero-order chi connectivity index (χ0) is 18.7. The number of aromatic amines is 1. The maximum absolute atomic E-state index is 13.0. The molecule has 3 heterocycles. The second kappa shape index (κ2) is 5.96. The number of likely N-dealkylation sites (N-methyl/N-ethyl adjacent to an activating group) is 1. The summed E-state index contributed by atoms with van der Waals surface area (Å²) in [5.41, 5.74) is 4.19. The predicted octanol–water partition coefficient (Wildman–Crippen LogP) is 3.25. The zero-order valence-corrected chi connectivity index (χ0v) is 16.4. The number of hydrogen-bond donors (Lipinski definition) is 1. The molecule has 5 nitrogen and oxygen atoms in total. The molecule has 2 atom stereocenters. The monoisotopic (exact) mass is 423 g/mol. The van der Waals surface area contributed by atoms with E-state index >= 15 is 0 Å². The molecule has 0 saturated carbocycles. The zero-order valence-electron chi connectivity index (χ0n) is 14.8. The lowest BCUT2D eigenvalue weighted by Crippen LogP contribution is -2.62. The largest absolute Gasteiger partial charge is 0.356 e. The molecule has 0 aliphatic carbocycles. The minimum Gasteiger partial charge on any atom is -0.356 e. The predicted molar refractivity (Wildman–Crippen MR) is 106 cm³/mol. The molecule has 3 aromatic rings. The molecular formula is C21H18BrN3O2. The third kappa shape index (κ3) is 2.43. The first-order valence-corrected chi connectivity index (χ1v) is 9.75. The average molecular weight is 424 g/mol. The fourth-order valence-electron chi connectivity index (χ4n) is 4.40. The molecule has 0 bridgehead atoms. The van der Waals surface area contributed by atoms with Crippen LogP contribution in [0.3, 0.4) is 0 Å². The van der Waals surface area contributed by atoms with Gasteiger partial charge in [0.25, 0.3) is 0 Å². The number of piperazine rings is 1. The van der Waals surface area contributed by atoms with E-state index in [4.69, 9.17) is 0 Å². The first-order chi connectivity index (χ1) is 13.0. The summed E-state index contributed by atoms with van der Waals surface area (Å²) in [7, 11) is 1.71. The van der Waals surface area contributed by atoms with Crippen LogP contribution in [0.15, 0.2) is 53.0 Å². The molecule has 0 radical (unpaired) electrons. The molecule has 1 saturated heterocycles. The van der Waals surface area contributed by atoms with E-state index in [-0.39, 0.29) is 24.4 Å². The number of H-pyrrole nitrogens is 1. The van der Waals surface area contributed by atoms with Crippen LogP contribution in [-0.4, -0.2) is 46.2 Å². The van der Waals surface area contributed by atoms with Gasteiger partial charge < -0.3 is 14.8 Å². The molecule has 2 amide bonds. The molecule has 5 rings (SSSR count). The molecule has 0 unspecified atom stereocenters. The Morgan fingerprint density at radius 1 is 1.07 bits per heavy atom. The van der Waals surface area contributed by atoms with Crippen LogP contribution in [0.1, 0.15) is 22.9 Å². The summed E-state index contributed by atoms with van der Waals surface area (Å²) >= 11 is 3.48. The van der Waals surface area contributed by atoms with Crippen LogP contribution >= 0.6 is 15.9 Å². The van der Waals surface area contributed by atoms with E-state index in [1.807, 2.05) is 42.5 Å². The van der Waals surface area contributed by atoms with Gasteiger partial charge in [0.2, 0.25) is 11.8 Å². The number of nitrogens with one attached hydrogen (secondary N) is 1. The number of carbonyl (C=O) groups is 2. The minimum absolute atomic E-state index is 0.00708. The van der Waals surface area contributed by atoms with Gasteiger partial charge in [-0.3, -0.25) is 9.59 Å². The van der Waals surface area contributed by atoms with Crippen LogP contribution in [-0.2, 0) is 16.0 Å². The Labute approximate surface area is 165 Å². The highest BCUT2D eigenvalue weighted by molar-refractivity contribution is 9.10. The van der Waals surface area contributed by atoms with Crippen LogP contribution in [0.4, 0.5) is 0 Å². The Morgan fingerprint density at radius 3 is 2.59 bits per heavy atom. The normalized spacial score (nSPS) is 22.1. The van der Waals surface area contributed by atoms with Gasteiger partial charge in [0.1, 0.15) is 6.04 Å². The topological polar surface area (TPSA) is 56.4 Å². The van der Waals surface area contributed by atoms with Gasteiger partial charge in [-0.25, -0.2) is 0 Å². The molecule has 27 heavy (non-hydrogen) atoms. The number of rotatable bonds is 1. The summed E-state index contributed by atoms with van der Waals surface area (Å²) < 4.78 is 0.983. The number of benzene rings is 2. The summed E-state index contributed by atoms with van der Waals surface area (Å²) in [5.74, 6) is -0.00744. The maximum atomic E-state index is 13.0. The van der Waals surface area contributed by atoms with Gasteiger partial charge in [-0.05, 0) is 29.3 Å². The van der Waals surface area contributed by atoms with E-state index in [9.17, 15) is 9.59 Å². The summed E-state index contributed by atoms with van der Waals surface area (Å²) in [6, 6.07) is 15.4. The third-order valence-corrected chi connectivity index (χ3v) is 6.17. The molecule has 1 aromatic heterocycles. The number of nitrogens with zero attached hydrogens (tertiary/aromatic N) is 2. The van der Waals surface area contributed by atoms with Crippen molar-refractivity contribution < 1.29 is 9.59 Å². The van der Waals surface area contributed by atoms with Crippen molar-refractivity contribution in [2.75, 3.05) is 13.6 Å². The SMILES string of the molecule is CN1CC(=O)N2[C@H](c3ccc(Br)cc3)c3[nH]c4ccccc4c3C[C@H]2C1=O. The van der Waals surface area contributed by atoms with Gasteiger partial charge in [0, 0.05) is 34.5 Å². The molecule has 0 spiro atoms. The highest BCUT2D eigenvalue weighted by atomic mass is 79.9. The number of amides is 2. The molecule has 2 aliphatic heterocycles. The number of aromatic nitrogens is 1. The summed E-state index contributed by atoms with van der Waals surface area (Å²) in [6.45, 7) is 0.123. The van der Waals surface area contributed by atoms with Gasteiger partial charge in [-0.2, -0.15) is 0 Å². The first-order valence-electron chi connectivity index (χ1n) is 8.95. The number of hydrogen-bond acceptors (Lipinski definition) is 2. The highest BCUT2D eigenvalue weighted by Crippen LogP contribution is 2.42. The minimum atomic E-state index is -0.461. The van der Waals surface area contributed by atoms with E-state index in [0.717, 1.165) is 32.2 Å². The third-order valence-electron chi connectivity index (χ3n) is 5.64. The number of carbonyl (C=O) groups excluding carboxylic acids is 2. The maximum Gasteiger partial charge on any atom is 0.245 e. The Morgan fingerprint density at radius 2 is 1.81 bits per heavy atom. The lowest BCUT2D eigenvalue weighted by atomic mass is 9.86. The van der Waals surface area contributed by atoms with E-state index in [1.54, 1.807) is 16.8 Å². The van der Waals surface area contributed by atoms with E-state index in [0.29, 0.717) is 6.42 Å². The van der Waals surface area contributed by atoms with Crippen molar-refractivity contribution in [1.82, 2.24) is 14.8 Å². The molecular weight excluding hydrogens is 406 g/mol. The second-order valence-electron chi connectivity index (χ2n) is 7.23. The van der Waals surface area contributed by atoms with E-state index in [2.05, 4.69) is 27.0 Å². The van der Waals surface area contributed by atoms with Gasteiger partial charge in [-0.1, -0.05) is 46.3 Å². The van der Waals surface area contributed by atoms with E-state index < -0.39 is 6.04 Å². The van der Waals surface area contributed by atoms with Crippen molar-refractivity contribution in [3.05, 3.63) is 69.8 Å². The van der Waals surface area contributed by atoms with Crippen molar-refractivity contribution in [2.24, 2.45) is 0 Å². The van der Waals surface area contributed by atoms with E-state index in [1.165, 1.54) is 0 Å². The highest BCUT2D eigenvalue weighted by Gasteiger charge is 2.47. The number of halogens is 1. The van der Waals surface area contributed by atoms with Crippen molar-refractivity contribution in [3.8, 4) is 0 Å². The molecule has 2 aromatic carbocycles. The summed E-state index contributed by atoms with van der Waals surface area (Å²) in [6.07, 6.45) is 0.543. The summed E-state index contributed by atoms with van der Waals surface area (Å²) in [4.78, 5) is 32.7. The van der Waals surface area contributed by atoms with Crippen LogP contribution in [0.5, 0.6) is 0 Å². The van der Waals surface area contributed by atoms with Crippen LogP contribution < -0.4 is 0 Å². The smallest absolute Gasteiger partial charge is 0.245 e. The Bertz CT molecular complexity index is 1070. The Balaban J connectivity index is 1.76. The molecule has 2 aliphatic rings. The van der Waals surface area contributed by atoms with Crippen LogP contribution in [0, 0.1) is 0 Å².